The van der Waals surface area contributed by atoms with Gasteiger partial charge in [-0.3, -0.25) is 4.90 Å². The van der Waals surface area contributed by atoms with Crippen molar-refractivity contribution in [3.63, 3.8) is 0 Å². The van der Waals surface area contributed by atoms with E-state index in [-0.39, 0.29) is 4.90 Å². The monoisotopic (exact) mass is 431 g/mol. The van der Waals surface area contributed by atoms with Crippen LogP contribution >= 0.6 is 0 Å². The molecule has 0 atom stereocenters. The lowest BCUT2D eigenvalue weighted by molar-refractivity contribution is 0.252. The number of anilines is 1. The molecule has 0 aliphatic carbocycles. The SMILES string of the molecule is CNS(=O)(=O)c1cc(CCCCCN2CCN(c3ccccc3)CC2)ccc1OC. The highest BCUT2D eigenvalue weighted by atomic mass is 32.2. The van der Waals surface area contributed by atoms with Gasteiger partial charge in [0.15, 0.2) is 0 Å². The Hall–Kier alpha value is -2.09. The summed E-state index contributed by atoms with van der Waals surface area (Å²) in [6.07, 6.45) is 4.23. The lowest BCUT2D eigenvalue weighted by Crippen LogP contribution is -2.46. The number of nitrogens with one attached hydrogen (secondary N) is 1. The van der Waals surface area contributed by atoms with Crippen molar-refractivity contribution >= 4 is 15.7 Å². The van der Waals surface area contributed by atoms with Crippen molar-refractivity contribution in [1.29, 1.82) is 0 Å². The average molecular weight is 432 g/mol. The summed E-state index contributed by atoms with van der Waals surface area (Å²) >= 11 is 0. The Labute approximate surface area is 180 Å². The summed E-state index contributed by atoms with van der Waals surface area (Å²) in [4.78, 5) is 5.21. The summed E-state index contributed by atoms with van der Waals surface area (Å²) in [6, 6.07) is 16.1. The molecule has 1 N–H and O–H groups in total. The first-order valence-corrected chi connectivity index (χ1v) is 12.1. The minimum Gasteiger partial charge on any atom is -0.495 e. The van der Waals surface area contributed by atoms with Crippen molar-refractivity contribution in [3.8, 4) is 5.75 Å². The molecule has 2 aromatic rings. The van der Waals surface area contributed by atoms with Crippen molar-refractivity contribution < 1.29 is 13.2 Å². The summed E-state index contributed by atoms with van der Waals surface area (Å²) in [7, 11) is -0.616. The van der Waals surface area contributed by atoms with Gasteiger partial charge in [-0.15, -0.1) is 0 Å². The third kappa shape index (κ3) is 5.97. The number of nitrogens with zero attached hydrogens (tertiary/aromatic N) is 2. The fourth-order valence-corrected chi connectivity index (χ4v) is 4.85. The zero-order valence-electron chi connectivity index (χ0n) is 18.0. The van der Waals surface area contributed by atoms with Gasteiger partial charge in [-0.05, 0) is 62.7 Å². The zero-order chi connectivity index (χ0) is 21.4. The maximum atomic E-state index is 12.2. The molecule has 1 aliphatic rings. The van der Waals surface area contributed by atoms with E-state index in [9.17, 15) is 8.42 Å². The zero-order valence-corrected chi connectivity index (χ0v) is 18.8. The van der Waals surface area contributed by atoms with Gasteiger partial charge in [-0.1, -0.05) is 30.7 Å². The molecule has 0 unspecified atom stereocenters. The predicted octanol–water partition coefficient (Wildman–Crippen LogP) is 3.14. The molecule has 0 amide bonds. The standard InChI is InChI=1S/C23H33N3O3S/c1-24-30(27,28)23-19-20(12-13-22(23)29-2)9-5-4-8-14-25-15-17-26(18-16-25)21-10-6-3-7-11-21/h3,6-7,10-13,19,24H,4-5,8-9,14-18H2,1-2H3. The number of piperazine rings is 1. The van der Waals surface area contributed by atoms with Crippen molar-refractivity contribution in [3.05, 3.63) is 54.1 Å². The molecule has 7 heteroatoms. The van der Waals surface area contributed by atoms with Crippen LogP contribution < -0.4 is 14.4 Å². The molecular weight excluding hydrogens is 398 g/mol. The number of para-hydroxylation sites is 1. The molecule has 0 bridgehead atoms. The molecule has 0 spiro atoms. The van der Waals surface area contributed by atoms with Crippen LogP contribution in [0.3, 0.4) is 0 Å². The quantitative estimate of drug-likeness (QED) is 0.586. The van der Waals surface area contributed by atoms with Crippen LogP contribution in [0.5, 0.6) is 5.75 Å². The summed E-state index contributed by atoms with van der Waals surface area (Å²) in [5.74, 6) is 0.378. The van der Waals surface area contributed by atoms with E-state index in [0.717, 1.165) is 57.5 Å². The Morgan fingerprint density at radius 3 is 2.37 bits per heavy atom. The largest absolute Gasteiger partial charge is 0.495 e. The second kappa shape index (κ2) is 10.8. The van der Waals surface area contributed by atoms with Gasteiger partial charge in [-0.2, -0.15) is 0 Å². The van der Waals surface area contributed by atoms with Crippen LogP contribution in [0.25, 0.3) is 0 Å². The first kappa shape index (κ1) is 22.6. The smallest absolute Gasteiger partial charge is 0.244 e. The molecule has 0 saturated carbocycles. The van der Waals surface area contributed by atoms with Gasteiger partial charge >= 0.3 is 0 Å². The van der Waals surface area contributed by atoms with Gasteiger partial charge in [0.1, 0.15) is 10.6 Å². The third-order valence-electron chi connectivity index (χ3n) is 5.72. The fraction of sp³-hybridized carbons (Fsp3) is 0.478. The number of rotatable bonds is 10. The molecule has 0 radical (unpaired) electrons. The number of hydrogen-bond donors (Lipinski definition) is 1. The lowest BCUT2D eigenvalue weighted by atomic mass is 10.1. The number of aryl methyl sites for hydroxylation is 1. The van der Waals surface area contributed by atoms with Crippen molar-refractivity contribution in [2.24, 2.45) is 0 Å². The van der Waals surface area contributed by atoms with Gasteiger partial charge < -0.3 is 9.64 Å². The van der Waals surface area contributed by atoms with Crippen LogP contribution in [0, 0.1) is 0 Å². The van der Waals surface area contributed by atoms with Crippen LogP contribution in [0.4, 0.5) is 5.69 Å². The predicted molar refractivity (Wildman–Crippen MR) is 122 cm³/mol. The van der Waals surface area contributed by atoms with E-state index in [1.807, 2.05) is 6.07 Å². The minimum absolute atomic E-state index is 0.210. The first-order chi connectivity index (χ1) is 14.5. The molecule has 0 aromatic heterocycles. The molecule has 1 aliphatic heterocycles. The summed E-state index contributed by atoms with van der Waals surface area (Å²) in [6.45, 7) is 5.51. The molecule has 30 heavy (non-hydrogen) atoms. The van der Waals surface area contributed by atoms with Crippen LogP contribution in [0.2, 0.25) is 0 Å². The number of unbranched alkanes of at least 4 members (excludes halogenated alkanes) is 2. The summed E-state index contributed by atoms with van der Waals surface area (Å²) in [5, 5.41) is 0. The fourth-order valence-electron chi connectivity index (χ4n) is 3.91. The molecule has 3 rings (SSSR count). The number of ether oxygens (including phenoxy) is 1. The minimum atomic E-state index is -3.52. The van der Waals surface area contributed by atoms with Gasteiger partial charge in [-0.25, -0.2) is 13.1 Å². The third-order valence-corrected chi connectivity index (χ3v) is 7.16. The highest BCUT2D eigenvalue weighted by Gasteiger charge is 2.18. The molecule has 1 heterocycles. The van der Waals surface area contributed by atoms with Crippen molar-refractivity contribution in [2.45, 2.75) is 30.6 Å². The lowest BCUT2D eigenvalue weighted by Gasteiger charge is -2.36. The van der Waals surface area contributed by atoms with Crippen LogP contribution in [0.1, 0.15) is 24.8 Å². The van der Waals surface area contributed by atoms with Crippen LogP contribution in [-0.4, -0.2) is 60.2 Å². The van der Waals surface area contributed by atoms with Crippen molar-refractivity contribution in [2.75, 3.05) is 51.8 Å². The Balaban J connectivity index is 1.39. The highest BCUT2D eigenvalue weighted by molar-refractivity contribution is 7.89. The average Bonchev–Trinajstić information content (AvgIpc) is 2.79. The highest BCUT2D eigenvalue weighted by Crippen LogP contribution is 2.25. The number of hydrogen-bond acceptors (Lipinski definition) is 5. The molecule has 2 aromatic carbocycles. The second-order valence-corrected chi connectivity index (χ2v) is 9.52. The number of benzene rings is 2. The molecule has 6 nitrogen and oxygen atoms in total. The van der Waals surface area contributed by atoms with Crippen molar-refractivity contribution in [1.82, 2.24) is 9.62 Å². The van der Waals surface area contributed by atoms with Gasteiger partial charge in [0.25, 0.3) is 0 Å². The molecular formula is C23H33N3O3S. The van der Waals surface area contributed by atoms with Gasteiger partial charge in [0.2, 0.25) is 10.0 Å². The molecule has 1 fully saturated rings. The molecule has 1 saturated heterocycles. The Bertz CT molecular complexity index is 895. The van der Waals surface area contributed by atoms with E-state index >= 15 is 0 Å². The Kier molecular flexibility index (Phi) is 8.13. The Morgan fingerprint density at radius 2 is 1.70 bits per heavy atom. The van der Waals surface area contributed by atoms with Gasteiger partial charge in [0.05, 0.1) is 7.11 Å². The van der Waals surface area contributed by atoms with E-state index in [4.69, 9.17) is 4.74 Å². The van der Waals surface area contributed by atoms with Crippen LogP contribution in [0.15, 0.2) is 53.4 Å². The summed E-state index contributed by atoms with van der Waals surface area (Å²) in [5.41, 5.74) is 2.34. The second-order valence-electron chi connectivity index (χ2n) is 7.67. The first-order valence-electron chi connectivity index (χ1n) is 10.7. The van der Waals surface area contributed by atoms with E-state index in [1.165, 1.54) is 26.3 Å². The van der Waals surface area contributed by atoms with Gasteiger partial charge in [0, 0.05) is 31.9 Å². The number of methoxy groups -OCH3 is 1. The normalized spacial score (nSPS) is 15.3. The van der Waals surface area contributed by atoms with E-state index in [1.54, 1.807) is 12.1 Å². The summed E-state index contributed by atoms with van der Waals surface area (Å²) < 4.78 is 32.0. The van der Waals surface area contributed by atoms with E-state index in [0.29, 0.717) is 5.75 Å². The Morgan fingerprint density at radius 1 is 0.967 bits per heavy atom. The van der Waals surface area contributed by atoms with E-state index in [2.05, 4.69) is 44.9 Å². The maximum absolute atomic E-state index is 12.2. The van der Waals surface area contributed by atoms with Crippen LogP contribution in [-0.2, 0) is 16.4 Å². The topological polar surface area (TPSA) is 61.9 Å². The number of sulfonamides is 1. The van der Waals surface area contributed by atoms with E-state index < -0.39 is 10.0 Å². The maximum Gasteiger partial charge on any atom is 0.244 e. The molecule has 164 valence electrons.